The highest BCUT2D eigenvalue weighted by atomic mass is 35.5. The average molecular weight is 354 g/mol. The third kappa shape index (κ3) is 3.84. The number of allylic oxidation sites excluding steroid dienone is 1. The number of nitro groups is 1. The van der Waals surface area contributed by atoms with Gasteiger partial charge >= 0.3 is 0 Å². The van der Waals surface area contributed by atoms with Crippen LogP contribution in [0.4, 0.5) is 5.69 Å². The molecule has 0 N–H and O–H groups in total. The molecule has 124 valence electrons. The Labute approximate surface area is 148 Å². The number of hydrogen-bond donors (Lipinski definition) is 0. The Kier molecular flexibility index (Phi) is 4.77. The van der Waals surface area contributed by atoms with Gasteiger partial charge in [0.25, 0.3) is 5.69 Å². The number of rotatable bonds is 5. The summed E-state index contributed by atoms with van der Waals surface area (Å²) in [6.45, 7) is 0. The van der Waals surface area contributed by atoms with Crippen molar-refractivity contribution in [1.29, 1.82) is 0 Å². The first-order valence-electron chi connectivity index (χ1n) is 7.36. The van der Waals surface area contributed by atoms with E-state index in [-0.39, 0.29) is 16.5 Å². The summed E-state index contributed by atoms with van der Waals surface area (Å²) in [7, 11) is 0. The van der Waals surface area contributed by atoms with Gasteiger partial charge in [-0.25, -0.2) is 0 Å². The van der Waals surface area contributed by atoms with Crippen molar-refractivity contribution in [2.24, 2.45) is 0 Å². The van der Waals surface area contributed by atoms with Gasteiger partial charge < -0.3 is 4.42 Å². The van der Waals surface area contributed by atoms with Crippen molar-refractivity contribution in [3.05, 3.63) is 93.2 Å². The van der Waals surface area contributed by atoms with E-state index in [4.69, 9.17) is 16.0 Å². The van der Waals surface area contributed by atoms with Crippen LogP contribution in [-0.2, 0) is 0 Å². The molecule has 0 unspecified atom stereocenters. The Hall–Kier alpha value is -3.18. The zero-order chi connectivity index (χ0) is 17.8. The highest BCUT2D eigenvalue weighted by molar-refractivity contribution is 6.32. The van der Waals surface area contributed by atoms with Crippen molar-refractivity contribution < 1.29 is 14.1 Å². The summed E-state index contributed by atoms with van der Waals surface area (Å²) in [5.74, 6) is 0.782. The molecule has 1 heterocycles. The van der Waals surface area contributed by atoms with Gasteiger partial charge in [-0.05, 0) is 36.4 Å². The van der Waals surface area contributed by atoms with Crippen molar-refractivity contribution in [3.8, 4) is 11.3 Å². The van der Waals surface area contributed by atoms with Gasteiger partial charge in [0.15, 0.2) is 5.78 Å². The maximum absolute atomic E-state index is 12.0. The molecule has 0 saturated carbocycles. The molecule has 0 amide bonds. The smallest absolute Gasteiger partial charge is 0.288 e. The van der Waals surface area contributed by atoms with Crippen molar-refractivity contribution in [3.63, 3.8) is 0 Å². The van der Waals surface area contributed by atoms with Gasteiger partial charge in [-0.3, -0.25) is 14.9 Å². The van der Waals surface area contributed by atoms with Crippen LogP contribution in [0, 0.1) is 10.1 Å². The Bertz CT molecular complexity index is 961. The summed E-state index contributed by atoms with van der Waals surface area (Å²) in [5, 5.41) is 11.0. The minimum Gasteiger partial charge on any atom is -0.457 e. The lowest BCUT2D eigenvalue weighted by Gasteiger charge is -1.99. The van der Waals surface area contributed by atoms with Gasteiger partial charge in [0, 0.05) is 17.2 Å². The molecule has 6 heteroatoms. The maximum Gasteiger partial charge on any atom is 0.288 e. The Morgan fingerprint density at radius 2 is 1.84 bits per heavy atom. The van der Waals surface area contributed by atoms with E-state index in [1.165, 1.54) is 18.2 Å². The molecular formula is C19H12ClNO4. The van der Waals surface area contributed by atoms with E-state index in [9.17, 15) is 14.9 Å². The third-order valence-electron chi connectivity index (χ3n) is 3.51. The molecule has 0 saturated heterocycles. The molecule has 0 aliphatic carbocycles. The van der Waals surface area contributed by atoms with Crippen LogP contribution in [0.1, 0.15) is 16.1 Å². The highest BCUT2D eigenvalue weighted by Crippen LogP contribution is 2.31. The van der Waals surface area contributed by atoms with Gasteiger partial charge in [0.2, 0.25) is 0 Å². The lowest BCUT2D eigenvalue weighted by atomic mass is 10.1. The number of halogens is 1. The molecule has 0 spiro atoms. The molecule has 3 aromatic rings. The number of benzene rings is 2. The Morgan fingerprint density at radius 1 is 1.08 bits per heavy atom. The van der Waals surface area contributed by atoms with Crippen molar-refractivity contribution in [1.82, 2.24) is 0 Å². The number of ketones is 1. The Morgan fingerprint density at radius 3 is 2.56 bits per heavy atom. The van der Waals surface area contributed by atoms with Crippen LogP contribution in [0.15, 0.2) is 71.2 Å². The van der Waals surface area contributed by atoms with Crippen LogP contribution in [-0.4, -0.2) is 10.7 Å². The summed E-state index contributed by atoms with van der Waals surface area (Å²) in [6, 6.07) is 16.7. The SMILES string of the molecule is O=C(C=Cc1ccc(-c2ccc(Cl)c([N+](=O)[O-])c2)o1)c1ccccc1. The standard InChI is InChI=1S/C19H12ClNO4/c20-16-9-6-14(12-17(16)21(23)24)19-11-8-15(25-19)7-10-18(22)13-4-2-1-3-5-13/h1-12H. The van der Waals surface area contributed by atoms with E-state index in [2.05, 4.69) is 0 Å². The summed E-state index contributed by atoms with van der Waals surface area (Å²) in [6.07, 6.45) is 2.98. The fourth-order valence-corrected chi connectivity index (χ4v) is 2.45. The summed E-state index contributed by atoms with van der Waals surface area (Å²) in [4.78, 5) is 22.5. The fourth-order valence-electron chi connectivity index (χ4n) is 2.26. The van der Waals surface area contributed by atoms with E-state index >= 15 is 0 Å². The molecule has 25 heavy (non-hydrogen) atoms. The minimum atomic E-state index is -0.548. The second kappa shape index (κ2) is 7.15. The number of carbonyl (C=O) groups is 1. The average Bonchev–Trinajstić information content (AvgIpc) is 3.09. The van der Waals surface area contributed by atoms with E-state index in [1.807, 2.05) is 6.07 Å². The lowest BCUT2D eigenvalue weighted by molar-refractivity contribution is -0.384. The summed E-state index contributed by atoms with van der Waals surface area (Å²) in [5.41, 5.74) is 0.927. The topological polar surface area (TPSA) is 73.3 Å². The first-order valence-corrected chi connectivity index (χ1v) is 7.74. The van der Waals surface area contributed by atoms with E-state index in [0.29, 0.717) is 22.6 Å². The van der Waals surface area contributed by atoms with E-state index in [0.717, 1.165) is 0 Å². The lowest BCUT2D eigenvalue weighted by Crippen LogP contribution is -1.92. The zero-order valence-corrected chi connectivity index (χ0v) is 13.6. The number of hydrogen-bond acceptors (Lipinski definition) is 4. The molecule has 0 aliphatic heterocycles. The second-order valence-corrected chi connectivity index (χ2v) is 5.60. The van der Waals surface area contributed by atoms with E-state index < -0.39 is 4.92 Å². The van der Waals surface area contributed by atoms with Crippen LogP contribution in [0.3, 0.4) is 0 Å². The molecule has 3 rings (SSSR count). The first kappa shape index (κ1) is 16.7. The zero-order valence-electron chi connectivity index (χ0n) is 12.9. The quantitative estimate of drug-likeness (QED) is 0.266. The van der Waals surface area contributed by atoms with Gasteiger partial charge in [0.05, 0.1) is 4.92 Å². The predicted molar refractivity (Wildman–Crippen MR) is 95.6 cm³/mol. The largest absolute Gasteiger partial charge is 0.457 e. The van der Waals surface area contributed by atoms with Gasteiger partial charge in [-0.1, -0.05) is 41.9 Å². The molecule has 0 fully saturated rings. The van der Waals surface area contributed by atoms with Crippen LogP contribution in [0.5, 0.6) is 0 Å². The molecule has 1 aromatic heterocycles. The maximum atomic E-state index is 12.0. The molecule has 2 aromatic carbocycles. The second-order valence-electron chi connectivity index (χ2n) is 5.19. The predicted octanol–water partition coefficient (Wildman–Crippen LogP) is 5.40. The van der Waals surface area contributed by atoms with E-state index in [1.54, 1.807) is 48.5 Å². The van der Waals surface area contributed by atoms with Crippen LogP contribution in [0.2, 0.25) is 5.02 Å². The molecular weight excluding hydrogens is 342 g/mol. The summed E-state index contributed by atoms with van der Waals surface area (Å²) < 4.78 is 5.63. The highest BCUT2D eigenvalue weighted by Gasteiger charge is 2.15. The number of carbonyl (C=O) groups excluding carboxylic acids is 1. The molecule has 0 radical (unpaired) electrons. The Balaban J connectivity index is 1.81. The van der Waals surface area contributed by atoms with Crippen LogP contribution in [0.25, 0.3) is 17.4 Å². The monoisotopic (exact) mass is 353 g/mol. The van der Waals surface area contributed by atoms with Crippen molar-refractivity contribution in [2.45, 2.75) is 0 Å². The molecule has 0 bridgehead atoms. The molecule has 0 atom stereocenters. The normalized spacial score (nSPS) is 10.9. The number of nitrogens with zero attached hydrogens (tertiary/aromatic N) is 1. The van der Waals surface area contributed by atoms with Crippen LogP contribution >= 0.6 is 11.6 Å². The minimum absolute atomic E-state index is 0.0638. The molecule has 5 nitrogen and oxygen atoms in total. The summed E-state index contributed by atoms with van der Waals surface area (Å²) >= 11 is 5.81. The fraction of sp³-hybridized carbons (Fsp3) is 0. The third-order valence-corrected chi connectivity index (χ3v) is 3.83. The van der Waals surface area contributed by atoms with Crippen molar-refractivity contribution >= 4 is 29.1 Å². The van der Waals surface area contributed by atoms with Gasteiger partial charge in [-0.15, -0.1) is 0 Å². The number of furan rings is 1. The van der Waals surface area contributed by atoms with Gasteiger partial charge in [-0.2, -0.15) is 0 Å². The molecule has 0 aliphatic rings. The number of nitro benzene ring substituents is 1. The van der Waals surface area contributed by atoms with Crippen LogP contribution < -0.4 is 0 Å². The van der Waals surface area contributed by atoms with Crippen molar-refractivity contribution in [2.75, 3.05) is 0 Å². The first-order chi connectivity index (χ1) is 12.0. The van der Waals surface area contributed by atoms with Gasteiger partial charge in [0.1, 0.15) is 16.5 Å².